The Morgan fingerprint density at radius 3 is 2.60 bits per heavy atom. The Morgan fingerprint density at radius 2 is 1.85 bits per heavy atom. The van der Waals surface area contributed by atoms with E-state index in [-0.39, 0.29) is 0 Å². The zero-order chi connectivity index (χ0) is 14.4. The van der Waals surface area contributed by atoms with E-state index in [2.05, 4.69) is 37.1 Å². The van der Waals surface area contributed by atoms with Crippen LogP contribution in [-0.4, -0.2) is 11.0 Å². The quantitative estimate of drug-likeness (QED) is 0.872. The van der Waals surface area contributed by atoms with Gasteiger partial charge in [0.25, 0.3) is 0 Å². The van der Waals surface area contributed by atoms with Crippen molar-refractivity contribution in [3.63, 3.8) is 0 Å². The van der Waals surface area contributed by atoms with Crippen LogP contribution in [0.4, 0.5) is 0 Å². The highest BCUT2D eigenvalue weighted by atomic mass is 16.5. The summed E-state index contributed by atoms with van der Waals surface area (Å²) in [5.74, 6) is 0.887. The summed E-state index contributed by atoms with van der Waals surface area (Å²) in [6, 6.07) is 14.6. The first kappa shape index (κ1) is 14.5. The Bertz CT molecular complexity index is 552. The summed E-state index contributed by atoms with van der Waals surface area (Å²) < 4.78 is 5.77. The van der Waals surface area contributed by atoms with Crippen molar-refractivity contribution in [2.45, 2.75) is 40.0 Å². The Hall–Kier alpha value is -1.87. The first-order valence-corrected chi connectivity index (χ1v) is 7.01. The monoisotopic (exact) mass is 270 g/mol. The number of ether oxygens (including phenoxy) is 1. The lowest BCUT2D eigenvalue weighted by Crippen LogP contribution is -2.22. The fraction of sp³-hybridized carbons (Fsp3) is 0.353. The average Bonchev–Trinajstić information content (AvgIpc) is 2.43. The fourth-order valence-electron chi connectivity index (χ4n) is 1.88. The van der Waals surface area contributed by atoms with Crippen molar-refractivity contribution in [2.24, 2.45) is 0 Å². The fourth-order valence-corrected chi connectivity index (χ4v) is 1.88. The van der Waals surface area contributed by atoms with Crippen molar-refractivity contribution < 1.29 is 4.74 Å². The van der Waals surface area contributed by atoms with Crippen LogP contribution in [0.2, 0.25) is 0 Å². The predicted octanol–water partition coefficient (Wildman–Crippen LogP) is 3.47. The van der Waals surface area contributed by atoms with E-state index in [1.807, 2.05) is 36.4 Å². The largest absolute Gasteiger partial charge is 0.487 e. The van der Waals surface area contributed by atoms with E-state index in [0.717, 1.165) is 23.7 Å². The maximum atomic E-state index is 5.77. The molecular formula is C17H22N2O. The second-order valence-corrected chi connectivity index (χ2v) is 5.26. The van der Waals surface area contributed by atoms with Crippen LogP contribution in [0, 0.1) is 6.92 Å². The minimum absolute atomic E-state index is 0.462. The summed E-state index contributed by atoms with van der Waals surface area (Å²) in [5, 5.41) is 3.37. The summed E-state index contributed by atoms with van der Waals surface area (Å²) in [7, 11) is 0. The molecule has 0 bridgehead atoms. The number of hydrogen-bond acceptors (Lipinski definition) is 3. The molecule has 2 rings (SSSR count). The van der Waals surface area contributed by atoms with Gasteiger partial charge in [-0.3, -0.25) is 4.98 Å². The van der Waals surface area contributed by atoms with Gasteiger partial charge in [0, 0.05) is 12.6 Å². The number of aromatic nitrogens is 1. The highest BCUT2D eigenvalue weighted by Gasteiger charge is 2.01. The molecule has 0 saturated heterocycles. The van der Waals surface area contributed by atoms with Crippen LogP contribution in [0.1, 0.15) is 30.8 Å². The second-order valence-electron chi connectivity index (χ2n) is 5.26. The third-order valence-electron chi connectivity index (χ3n) is 2.93. The van der Waals surface area contributed by atoms with Crippen LogP contribution in [0.3, 0.4) is 0 Å². The van der Waals surface area contributed by atoms with Gasteiger partial charge in [-0.25, -0.2) is 0 Å². The molecule has 1 aromatic carbocycles. The molecule has 20 heavy (non-hydrogen) atoms. The number of nitrogens with one attached hydrogen (secondary N) is 1. The van der Waals surface area contributed by atoms with E-state index in [9.17, 15) is 0 Å². The molecule has 106 valence electrons. The van der Waals surface area contributed by atoms with Crippen LogP contribution in [-0.2, 0) is 13.2 Å². The van der Waals surface area contributed by atoms with Gasteiger partial charge in [-0.2, -0.15) is 0 Å². The van der Waals surface area contributed by atoms with E-state index in [0.29, 0.717) is 12.6 Å². The standard InChI is InChI=1S/C17H22N2O/c1-13(2)18-11-15-7-5-8-16(19-15)12-20-17-9-4-6-14(3)10-17/h4-10,13,18H,11-12H2,1-3H3. The van der Waals surface area contributed by atoms with Crippen LogP contribution in [0.25, 0.3) is 0 Å². The Balaban J connectivity index is 1.94. The smallest absolute Gasteiger partial charge is 0.130 e. The third-order valence-corrected chi connectivity index (χ3v) is 2.93. The number of hydrogen-bond donors (Lipinski definition) is 1. The number of rotatable bonds is 6. The van der Waals surface area contributed by atoms with E-state index < -0.39 is 0 Å². The molecule has 3 heteroatoms. The van der Waals surface area contributed by atoms with Crippen molar-refractivity contribution >= 4 is 0 Å². The van der Waals surface area contributed by atoms with E-state index in [1.165, 1.54) is 5.56 Å². The van der Waals surface area contributed by atoms with Crippen molar-refractivity contribution in [1.82, 2.24) is 10.3 Å². The molecule has 0 radical (unpaired) electrons. The molecule has 0 amide bonds. The lowest BCUT2D eigenvalue weighted by molar-refractivity contribution is 0.300. The van der Waals surface area contributed by atoms with Gasteiger partial charge in [0.1, 0.15) is 12.4 Å². The molecule has 0 spiro atoms. The number of pyridine rings is 1. The van der Waals surface area contributed by atoms with Crippen molar-refractivity contribution in [1.29, 1.82) is 0 Å². The molecule has 3 nitrogen and oxygen atoms in total. The molecule has 0 saturated carbocycles. The van der Waals surface area contributed by atoms with Gasteiger partial charge in [0.15, 0.2) is 0 Å². The van der Waals surface area contributed by atoms with E-state index in [1.54, 1.807) is 0 Å². The summed E-state index contributed by atoms with van der Waals surface area (Å²) in [4.78, 5) is 4.59. The first-order chi connectivity index (χ1) is 9.63. The summed E-state index contributed by atoms with van der Waals surface area (Å²) >= 11 is 0. The normalized spacial score (nSPS) is 10.8. The maximum absolute atomic E-state index is 5.77. The molecule has 1 aromatic heterocycles. The summed E-state index contributed by atoms with van der Waals surface area (Å²) in [5.41, 5.74) is 3.20. The Kier molecular flexibility index (Phi) is 5.13. The molecule has 0 aliphatic carbocycles. The first-order valence-electron chi connectivity index (χ1n) is 7.01. The van der Waals surface area contributed by atoms with Crippen LogP contribution >= 0.6 is 0 Å². The molecule has 1 heterocycles. The maximum Gasteiger partial charge on any atom is 0.130 e. The second kappa shape index (κ2) is 7.06. The van der Waals surface area contributed by atoms with Crippen molar-refractivity contribution in [3.8, 4) is 5.75 Å². The van der Waals surface area contributed by atoms with Crippen molar-refractivity contribution in [3.05, 3.63) is 59.4 Å². The Labute approximate surface area is 121 Å². The topological polar surface area (TPSA) is 34.1 Å². The van der Waals surface area contributed by atoms with Gasteiger partial charge in [-0.1, -0.05) is 32.0 Å². The number of nitrogens with zero attached hydrogens (tertiary/aromatic N) is 1. The predicted molar refractivity (Wildman–Crippen MR) is 81.7 cm³/mol. The highest BCUT2D eigenvalue weighted by molar-refractivity contribution is 5.27. The van der Waals surface area contributed by atoms with Gasteiger partial charge in [-0.15, -0.1) is 0 Å². The Morgan fingerprint density at radius 1 is 1.10 bits per heavy atom. The molecule has 1 N–H and O–H groups in total. The lowest BCUT2D eigenvalue weighted by atomic mass is 10.2. The molecule has 0 atom stereocenters. The zero-order valence-corrected chi connectivity index (χ0v) is 12.4. The van der Waals surface area contributed by atoms with Gasteiger partial charge in [0.05, 0.1) is 11.4 Å². The third kappa shape index (κ3) is 4.67. The van der Waals surface area contributed by atoms with Gasteiger partial charge in [-0.05, 0) is 36.8 Å². The average molecular weight is 270 g/mol. The zero-order valence-electron chi connectivity index (χ0n) is 12.4. The molecule has 2 aromatic rings. The van der Waals surface area contributed by atoms with Gasteiger partial charge >= 0.3 is 0 Å². The summed E-state index contributed by atoms with van der Waals surface area (Å²) in [6.07, 6.45) is 0. The highest BCUT2D eigenvalue weighted by Crippen LogP contribution is 2.14. The van der Waals surface area contributed by atoms with Crippen LogP contribution in [0.5, 0.6) is 5.75 Å². The minimum Gasteiger partial charge on any atom is -0.487 e. The van der Waals surface area contributed by atoms with E-state index in [4.69, 9.17) is 4.74 Å². The van der Waals surface area contributed by atoms with Crippen LogP contribution < -0.4 is 10.1 Å². The number of benzene rings is 1. The van der Waals surface area contributed by atoms with Crippen LogP contribution in [0.15, 0.2) is 42.5 Å². The molecule has 0 fully saturated rings. The van der Waals surface area contributed by atoms with Gasteiger partial charge < -0.3 is 10.1 Å². The lowest BCUT2D eigenvalue weighted by Gasteiger charge is -2.10. The molecule has 0 unspecified atom stereocenters. The minimum atomic E-state index is 0.462. The number of aryl methyl sites for hydroxylation is 1. The van der Waals surface area contributed by atoms with E-state index >= 15 is 0 Å². The summed E-state index contributed by atoms with van der Waals surface area (Å²) in [6.45, 7) is 7.60. The molecular weight excluding hydrogens is 248 g/mol. The molecule has 0 aliphatic heterocycles. The van der Waals surface area contributed by atoms with Gasteiger partial charge in [0.2, 0.25) is 0 Å². The van der Waals surface area contributed by atoms with Crippen molar-refractivity contribution in [2.75, 3.05) is 0 Å². The SMILES string of the molecule is Cc1cccc(OCc2cccc(CNC(C)C)n2)c1. The molecule has 0 aliphatic rings.